The van der Waals surface area contributed by atoms with Crippen LogP contribution in [0.5, 0.6) is 0 Å². The van der Waals surface area contributed by atoms with E-state index in [9.17, 15) is 29.7 Å². The molecule has 4 aliphatic rings. The van der Waals surface area contributed by atoms with E-state index in [1.54, 1.807) is 44.2 Å². The fourth-order valence-electron chi connectivity index (χ4n) is 7.69. The van der Waals surface area contributed by atoms with Gasteiger partial charge in [-0.1, -0.05) is 37.6 Å². The Hall–Kier alpha value is -2.59. The first-order valence-electron chi connectivity index (χ1n) is 13.1. The summed E-state index contributed by atoms with van der Waals surface area (Å²) < 4.78 is 17.8. The first kappa shape index (κ1) is 27.0. The lowest BCUT2D eigenvalue weighted by molar-refractivity contribution is -0.345. The Kier molecular flexibility index (Phi) is 6.19. The van der Waals surface area contributed by atoms with Gasteiger partial charge in [-0.25, -0.2) is 4.79 Å². The van der Waals surface area contributed by atoms with E-state index in [-0.39, 0.29) is 25.0 Å². The molecular weight excluding hydrogens is 492 g/mol. The highest BCUT2D eigenvalue weighted by Crippen LogP contribution is 2.63. The minimum atomic E-state index is -1.79. The summed E-state index contributed by atoms with van der Waals surface area (Å²) >= 11 is 0. The van der Waals surface area contributed by atoms with Crippen LogP contribution in [0.4, 0.5) is 0 Å². The normalized spacial score (nSPS) is 41.6. The molecule has 1 heterocycles. The molecule has 2 saturated carbocycles. The number of hydrogen-bond acceptors (Lipinski definition) is 9. The second-order valence-electron chi connectivity index (χ2n) is 12.1. The number of fused-ring (bicyclic) bond motifs is 5. The highest BCUT2D eigenvalue weighted by atomic mass is 16.6. The van der Waals surface area contributed by atoms with Gasteiger partial charge in [0.05, 0.1) is 29.6 Å². The number of esters is 2. The molecule has 38 heavy (non-hydrogen) atoms. The van der Waals surface area contributed by atoms with Crippen LogP contribution in [0, 0.1) is 16.7 Å². The molecule has 1 aliphatic heterocycles. The van der Waals surface area contributed by atoms with Crippen LogP contribution < -0.4 is 0 Å². The van der Waals surface area contributed by atoms with Crippen LogP contribution in [-0.2, 0) is 23.8 Å². The summed E-state index contributed by atoms with van der Waals surface area (Å²) in [7, 11) is 0. The summed E-state index contributed by atoms with van der Waals surface area (Å²) in [5.74, 6) is -3.23. The molecule has 0 radical (unpaired) electrons. The molecule has 2 bridgehead atoms. The quantitative estimate of drug-likeness (QED) is 0.398. The predicted molar refractivity (Wildman–Crippen MR) is 134 cm³/mol. The topological polar surface area (TPSA) is 140 Å². The zero-order valence-electron chi connectivity index (χ0n) is 22.4. The predicted octanol–water partition coefficient (Wildman–Crippen LogP) is 2.11. The lowest BCUT2D eigenvalue weighted by atomic mass is 9.45. The molecule has 1 aromatic carbocycles. The number of ether oxygens (including phenoxy) is 3. The van der Waals surface area contributed by atoms with Crippen LogP contribution in [0.2, 0.25) is 0 Å². The van der Waals surface area contributed by atoms with Crippen LogP contribution in [0.25, 0.3) is 0 Å². The van der Waals surface area contributed by atoms with Crippen molar-refractivity contribution >= 4 is 17.7 Å². The molecule has 3 N–H and O–H groups in total. The maximum atomic E-state index is 14.3. The van der Waals surface area contributed by atoms with E-state index in [0.717, 1.165) is 5.57 Å². The van der Waals surface area contributed by atoms with Gasteiger partial charge in [0.25, 0.3) is 0 Å². The Bertz CT molecular complexity index is 1210. The maximum Gasteiger partial charge on any atom is 0.338 e. The van der Waals surface area contributed by atoms with Crippen molar-refractivity contribution in [1.82, 2.24) is 0 Å². The van der Waals surface area contributed by atoms with Gasteiger partial charge >= 0.3 is 11.9 Å². The van der Waals surface area contributed by atoms with Gasteiger partial charge in [0.2, 0.25) is 0 Å². The van der Waals surface area contributed by atoms with Gasteiger partial charge in [-0.05, 0) is 44.4 Å². The fourth-order valence-corrected chi connectivity index (χ4v) is 7.69. The third-order valence-corrected chi connectivity index (χ3v) is 9.86. The average molecular weight is 529 g/mol. The fraction of sp³-hybridized carbons (Fsp3) is 0.621. The van der Waals surface area contributed by atoms with Crippen LogP contribution in [-0.4, -0.2) is 75.3 Å². The van der Waals surface area contributed by atoms with E-state index in [2.05, 4.69) is 0 Å². The zero-order valence-corrected chi connectivity index (χ0v) is 22.4. The smallest absolute Gasteiger partial charge is 0.338 e. The molecule has 0 aromatic heterocycles. The van der Waals surface area contributed by atoms with Crippen molar-refractivity contribution in [2.75, 3.05) is 6.61 Å². The van der Waals surface area contributed by atoms with Crippen molar-refractivity contribution < 1.29 is 43.9 Å². The Morgan fingerprint density at radius 2 is 1.76 bits per heavy atom. The number of benzene rings is 1. The van der Waals surface area contributed by atoms with Crippen molar-refractivity contribution in [2.24, 2.45) is 16.7 Å². The highest BCUT2D eigenvalue weighted by molar-refractivity contribution is 5.94. The SMILES string of the molecule is CC(=O)O[C@@]12CO[C@@H]1C[C@H](O)[C@@]1(C)C(=O)[C@H](O)C3=C(C)CC[C@@](O)(C(OC(=O)c4ccccc4)C12)C3(C)C. The Morgan fingerprint density at radius 3 is 2.34 bits per heavy atom. The molecule has 9 heteroatoms. The molecular formula is C29H36O9. The van der Waals surface area contributed by atoms with Gasteiger partial charge in [0, 0.05) is 18.8 Å². The van der Waals surface area contributed by atoms with E-state index in [0.29, 0.717) is 12.0 Å². The first-order valence-corrected chi connectivity index (χ1v) is 13.1. The van der Waals surface area contributed by atoms with E-state index in [1.807, 2.05) is 6.92 Å². The Morgan fingerprint density at radius 1 is 1.11 bits per heavy atom. The van der Waals surface area contributed by atoms with E-state index in [1.165, 1.54) is 13.8 Å². The summed E-state index contributed by atoms with van der Waals surface area (Å²) in [6.45, 7) is 7.89. The van der Waals surface area contributed by atoms with Crippen LogP contribution in [0.1, 0.15) is 64.2 Å². The second-order valence-corrected chi connectivity index (χ2v) is 12.1. The lowest BCUT2D eigenvalue weighted by Crippen LogP contribution is -2.81. The average Bonchev–Trinajstić information content (AvgIpc) is 2.85. The molecule has 3 fully saturated rings. The molecule has 2 unspecified atom stereocenters. The molecule has 8 atom stereocenters. The molecule has 206 valence electrons. The van der Waals surface area contributed by atoms with Gasteiger partial charge < -0.3 is 29.5 Å². The largest absolute Gasteiger partial charge is 0.455 e. The van der Waals surface area contributed by atoms with Crippen LogP contribution >= 0.6 is 0 Å². The lowest BCUT2D eigenvalue weighted by Gasteiger charge is -2.67. The van der Waals surface area contributed by atoms with E-state index in [4.69, 9.17) is 14.2 Å². The summed E-state index contributed by atoms with van der Waals surface area (Å²) in [6.07, 6.45) is -4.63. The van der Waals surface area contributed by atoms with Crippen molar-refractivity contribution in [2.45, 2.75) is 89.5 Å². The zero-order chi connectivity index (χ0) is 27.8. The van der Waals surface area contributed by atoms with E-state index >= 15 is 0 Å². The first-order chi connectivity index (χ1) is 17.7. The van der Waals surface area contributed by atoms with Gasteiger partial charge in [0.15, 0.2) is 11.4 Å². The van der Waals surface area contributed by atoms with Gasteiger partial charge in [-0.2, -0.15) is 0 Å². The number of hydrogen-bond donors (Lipinski definition) is 3. The maximum absolute atomic E-state index is 14.3. The highest BCUT2D eigenvalue weighted by Gasteiger charge is 2.77. The van der Waals surface area contributed by atoms with Crippen LogP contribution in [0.3, 0.4) is 0 Å². The summed E-state index contributed by atoms with van der Waals surface area (Å²) in [5, 5.41) is 35.6. The van der Waals surface area contributed by atoms with Crippen molar-refractivity contribution in [3.8, 4) is 0 Å². The second kappa shape index (κ2) is 8.71. The van der Waals surface area contributed by atoms with Gasteiger partial charge in [-0.15, -0.1) is 0 Å². The van der Waals surface area contributed by atoms with E-state index < -0.39 is 70.1 Å². The molecule has 1 saturated heterocycles. The number of Topliss-reactive ketones (excluding diaryl/α,β-unsaturated/α-hetero) is 1. The third kappa shape index (κ3) is 3.41. The summed E-state index contributed by atoms with van der Waals surface area (Å²) in [5.41, 5.74) is -4.85. The molecule has 1 aromatic rings. The number of carbonyl (C=O) groups excluding carboxylic acids is 3. The number of carbonyl (C=O) groups is 3. The molecule has 9 nitrogen and oxygen atoms in total. The number of rotatable bonds is 3. The number of ketones is 1. The standard InChI is InChI=1S/C29H36O9/c1-15-11-12-29(35)24(37-25(34)17-9-7-6-8-10-17)22-27(5,23(33)21(32)20(15)26(29,3)4)18(31)13-19-28(22,14-36-19)38-16(2)30/h6-10,18-19,21-22,24,31-32,35H,11-14H2,1-5H3/t18-,19+,21+,22?,24?,27+,28-,29+/m0/s1. The van der Waals surface area contributed by atoms with Gasteiger partial charge in [-0.3, -0.25) is 9.59 Å². The number of allylic oxidation sites excluding steroid dienone is 1. The number of aliphatic hydroxyl groups is 3. The van der Waals surface area contributed by atoms with Crippen molar-refractivity contribution in [3.05, 3.63) is 47.0 Å². The van der Waals surface area contributed by atoms with Crippen molar-refractivity contribution in [3.63, 3.8) is 0 Å². The molecule has 3 aliphatic carbocycles. The Labute approximate surface area is 221 Å². The molecule has 0 amide bonds. The van der Waals surface area contributed by atoms with Crippen molar-refractivity contribution in [1.29, 1.82) is 0 Å². The monoisotopic (exact) mass is 528 g/mol. The van der Waals surface area contributed by atoms with Gasteiger partial charge in [0.1, 0.15) is 23.9 Å². The third-order valence-electron chi connectivity index (χ3n) is 9.86. The summed E-state index contributed by atoms with van der Waals surface area (Å²) in [6, 6.07) is 8.28. The minimum absolute atomic E-state index is 0.0298. The number of aliphatic hydroxyl groups excluding tert-OH is 2. The molecule has 5 rings (SSSR count). The summed E-state index contributed by atoms with van der Waals surface area (Å²) in [4.78, 5) is 40.2. The van der Waals surface area contributed by atoms with Crippen LogP contribution in [0.15, 0.2) is 41.5 Å². The molecule has 0 spiro atoms. The minimum Gasteiger partial charge on any atom is -0.455 e. The Balaban J connectivity index is 1.79.